The average Bonchev–Trinajstić information content (AvgIpc) is 2.81. The van der Waals surface area contributed by atoms with E-state index in [9.17, 15) is 9.59 Å². The van der Waals surface area contributed by atoms with Crippen molar-refractivity contribution < 1.29 is 19.1 Å². The fourth-order valence-corrected chi connectivity index (χ4v) is 2.82. The first-order valence-electron chi connectivity index (χ1n) is 9.37. The number of carbonyl (C=O) groups is 2. The lowest BCUT2D eigenvalue weighted by Crippen LogP contribution is -2.26. The third kappa shape index (κ3) is 5.57. The van der Waals surface area contributed by atoms with Gasteiger partial charge in [0, 0.05) is 24.8 Å². The van der Waals surface area contributed by atoms with Crippen LogP contribution < -0.4 is 20.1 Å². The smallest absolute Gasteiger partial charge is 0.270 e. The molecule has 0 unspecified atom stereocenters. The van der Waals surface area contributed by atoms with Crippen molar-refractivity contribution >= 4 is 11.8 Å². The molecule has 2 N–H and O–H groups in total. The Morgan fingerprint density at radius 2 is 1.37 bits per heavy atom. The van der Waals surface area contributed by atoms with E-state index in [0.29, 0.717) is 18.7 Å². The summed E-state index contributed by atoms with van der Waals surface area (Å²) in [5.74, 6) is 0.789. The standard InChI is InChI=1S/C23H23N3O4/c1-29-19-7-3-5-16(11-19)14-25-22(27)18-9-10-24-21(13-18)23(28)26-15-17-6-4-8-20(12-17)30-2/h3-13H,14-15H2,1-2H3,(H,25,27)(H,26,28). The number of pyridine rings is 1. The average molecular weight is 405 g/mol. The Morgan fingerprint density at radius 1 is 0.800 bits per heavy atom. The molecule has 0 radical (unpaired) electrons. The van der Waals surface area contributed by atoms with Gasteiger partial charge in [0.1, 0.15) is 17.2 Å². The minimum Gasteiger partial charge on any atom is -0.497 e. The van der Waals surface area contributed by atoms with Gasteiger partial charge in [-0.1, -0.05) is 24.3 Å². The molecule has 0 saturated heterocycles. The molecule has 1 aromatic heterocycles. The van der Waals surface area contributed by atoms with Crippen LogP contribution in [0.15, 0.2) is 66.9 Å². The van der Waals surface area contributed by atoms with Crippen LogP contribution in [-0.4, -0.2) is 31.0 Å². The van der Waals surface area contributed by atoms with Gasteiger partial charge in [-0.15, -0.1) is 0 Å². The number of amides is 2. The number of nitrogens with zero attached hydrogens (tertiary/aromatic N) is 1. The van der Waals surface area contributed by atoms with Gasteiger partial charge in [0.25, 0.3) is 11.8 Å². The number of carbonyl (C=O) groups excluding carboxylic acids is 2. The number of hydrogen-bond acceptors (Lipinski definition) is 5. The number of ether oxygens (including phenoxy) is 2. The predicted octanol–water partition coefficient (Wildman–Crippen LogP) is 2.96. The van der Waals surface area contributed by atoms with Gasteiger partial charge < -0.3 is 20.1 Å². The number of methoxy groups -OCH3 is 2. The Morgan fingerprint density at radius 3 is 1.93 bits per heavy atom. The van der Waals surface area contributed by atoms with Crippen LogP contribution in [0.4, 0.5) is 0 Å². The highest BCUT2D eigenvalue weighted by Crippen LogP contribution is 2.13. The lowest BCUT2D eigenvalue weighted by atomic mass is 10.1. The van der Waals surface area contributed by atoms with E-state index in [1.54, 1.807) is 20.3 Å². The molecule has 0 aliphatic rings. The zero-order valence-corrected chi connectivity index (χ0v) is 16.8. The molecule has 0 aliphatic carbocycles. The molecule has 0 spiro atoms. The first-order valence-corrected chi connectivity index (χ1v) is 9.37. The van der Waals surface area contributed by atoms with Gasteiger partial charge in [-0.3, -0.25) is 14.6 Å². The highest BCUT2D eigenvalue weighted by atomic mass is 16.5. The number of nitrogens with one attached hydrogen (secondary N) is 2. The molecule has 0 aliphatic heterocycles. The van der Waals surface area contributed by atoms with Crippen LogP contribution in [0.2, 0.25) is 0 Å². The van der Waals surface area contributed by atoms with Crippen molar-refractivity contribution in [2.24, 2.45) is 0 Å². The van der Waals surface area contributed by atoms with Crippen LogP contribution >= 0.6 is 0 Å². The molecule has 7 nitrogen and oxygen atoms in total. The van der Waals surface area contributed by atoms with E-state index in [2.05, 4.69) is 15.6 Å². The summed E-state index contributed by atoms with van der Waals surface area (Å²) >= 11 is 0. The van der Waals surface area contributed by atoms with Crippen LogP contribution in [0.3, 0.4) is 0 Å². The molecule has 0 saturated carbocycles. The van der Waals surface area contributed by atoms with E-state index in [4.69, 9.17) is 9.47 Å². The van der Waals surface area contributed by atoms with E-state index >= 15 is 0 Å². The summed E-state index contributed by atoms with van der Waals surface area (Å²) in [5.41, 5.74) is 2.34. The van der Waals surface area contributed by atoms with Crippen molar-refractivity contribution in [3.05, 3.63) is 89.2 Å². The number of benzene rings is 2. The maximum Gasteiger partial charge on any atom is 0.270 e. The molecule has 2 aromatic carbocycles. The topological polar surface area (TPSA) is 89.5 Å². The van der Waals surface area contributed by atoms with Gasteiger partial charge in [-0.2, -0.15) is 0 Å². The van der Waals surface area contributed by atoms with E-state index in [1.807, 2.05) is 48.5 Å². The molecule has 0 atom stereocenters. The van der Waals surface area contributed by atoms with Crippen molar-refractivity contribution in [3.63, 3.8) is 0 Å². The second-order valence-corrected chi connectivity index (χ2v) is 6.50. The Balaban J connectivity index is 1.59. The predicted molar refractivity (Wildman–Crippen MR) is 113 cm³/mol. The van der Waals surface area contributed by atoms with Crippen molar-refractivity contribution in [1.29, 1.82) is 0 Å². The van der Waals surface area contributed by atoms with Gasteiger partial charge in [0.2, 0.25) is 0 Å². The largest absolute Gasteiger partial charge is 0.497 e. The minimum atomic E-state index is -0.361. The van der Waals surface area contributed by atoms with Gasteiger partial charge >= 0.3 is 0 Å². The Kier molecular flexibility index (Phi) is 7.00. The summed E-state index contributed by atoms with van der Waals surface area (Å²) in [6.45, 7) is 0.666. The Bertz CT molecular complexity index is 957. The summed E-state index contributed by atoms with van der Waals surface area (Å²) in [7, 11) is 3.18. The maximum atomic E-state index is 12.5. The quantitative estimate of drug-likeness (QED) is 0.601. The molecule has 7 heteroatoms. The summed E-state index contributed by atoms with van der Waals surface area (Å²) in [5, 5.41) is 5.64. The van der Waals surface area contributed by atoms with Gasteiger partial charge in [0.15, 0.2) is 0 Å². The molecular formula is C23H23N3O4. The number of hydrogen-bond donors (Lipinski definition) is 2. The molecular weight excluding hydrogens is 382 g/mol. The van der Waals surface area contributed by atoms with Crippen molar-refractivity contribution in [3.8, 4) is 11.5 Å². The fraction of sp³-hybridized carbons (Fsp3) is 0.174. The lowest BCUT2D eigenvalue weighted by molar-refractivity contribution is 0.0946. The SMILES string of the molecule is COc1cccc(CNC(=O)c2ccnc(C(=O)NCc3cccc(OC)c3)c2)c1. The van der Waals surface area contributed by atoms with E-state index in [0.717, 1.165) is 22.6 Å². The Labute approximate surface area is 175 Å². The van der Waals surface area contributed by atoms with Gasteiger partial charge in [-0.05, 0) is 47.5 Å². The van der Waals surface area contributed by atoms with E-state index in [1.165, 1.54) is 12.3 Å². The van der Waals surface area contributed by atoms with Crippen molar-refractivity contribution in [1.82, 2.24) is 15.6 Å². The first-order chi connectivity index (χ1) is 14.6. The highest BCUT2D eigenvalue weighted by Gasteiger charge is 2.12. The molecule has 154 valence electrons. The molecule has 1 heterocycles. The normalized spacial score (nSPS) is 10.2. The van der Waals surface area contributed by atoms with Crippen molar-refractivity contribution in [2.75, 3.05) is 14.2 Å². The van der Waals surface area contributed by atoms with Crippen LogP contribution in [-0.2, 0) is 13.1 Å². The monoisotopic (exact) mass is 405 g/mol. The zero-order chi connectivity index (χ0) is 21.3. The van der Waals surface area contributed by atoms with Gasteiger partial charge in [-0.25, -0.2) is 0 Å². The number of aromatic nitrogens is 1. The lowest BCUT2D eigenvalue weighted by Gasteiger charge is -2.09. The van der Waals surface area contributed by atoms with Crippen molar-refractivity contribution in [2.45, 2.75) is 13.1 Å². The summed E-state index contributed by atoms with van der Waals surface area (Å²) in [6.07, 6.45) is 1.45. The second kappa shape index (κ2) is 10.1. The van der Waals surface area contributed by atoms with Crippen LogP contribution in [0.25, 0.3) is 0 Å². The maximum absolute atomic E-state index is 12.5. The third-order valence-corrected chi connectivity index (χ3v) is 4.43. The Hall–Kier alpha value is -3.87. The summed E-state index contributed by atoms with van der Waals surface area (Å²) in [6, 6.07) is 17.9. The van der Waals surface area contributed by atoms with Crippen LogP contribution in [0, 0.1) is 0 Å². The van der Waals surface area contributed by atoms with Crippen LogP contribution in [0.5, 0.6) is 11.5 Å². The van der Waals surface area contributed by atoms with Crippen LogP contribution in [0.1, 0.15) is 32.0 Å². The highest BCUT2D eigenvalue weighted by molar-refractivity contribution is 5.98. The third-order valence-electron chi connectivity index (χ3n) is 4.43. The summed E-state index contributed by atoms with van der Waals surface area (Å²) < 4.78 is 10.4. The summed E-state index contributed by atoms with van der Waals surface area (Å²) in [4.78, 5) is 29.0. The molecule has 0 bridgehead atoms. The zero-order valence-electron chi connectivity index (χ0n) is 16.8. The van der Waals surface area contributed by atoms with E-state index < -0.39 is 0 Å². The molecule has 3 aromatic rings. The van der Waals surface area contributed by atoms with Gasteiger partial charge in [0.05, 0.1) is 14.2 Å². The fourth-order valence-electron chi connectivity index (χ4n) is 2.82. The van der Waals surface area contributed by atoms with E-state index in [-0.39, 0.29) is 17.5 Å². The molecule has 3 rings (SSSR count). The number of rotatable bonds is 8. The molecule has 0 fully saturated rings. The second-order valence-electron chi connectivity index (χ2n) is 6.50. The molecule has 30 heavy (non-hydrogen) atoms. The minimum absolute atomic E-state index is 0.173. The first kappa shape index (κ1) is 20.9. The molecule has 2 amide bonds.